The summed E-state index contributed by atoms with van der Waals surface area (Å²) in [4.78, 5) is 26.7. The minimum absolute atomic E-state index is 0.0141. The van der Waals surface area contributed by atoms with Gasteiger partial charge in [-0.2, -0.15) is 8.78 Å². The molecule has 5 rings (SSSR count). The maximum atomic E-state index is 15.3. The Balaban J connectivity index is 1.46. The molecular formula is C26H20F5N5O2. The van der Waals surface area contributed by atoms with Crippen LogP contribution in [0.25, 0.3) is 0 Å². The number of nitrogen functional groups attached to an aromatic ring is 1. The van der Waals surface area contributed by atoms with Crippen molar-refractivity contribution in [2.45, 2.75) is 12.3 Å². The molecule has 0 bridgehead atoms. The van der Waals surface area contributed by atoms with E-state index >= 15 is 4.39 Å². The zero-order valence-electron chi connectivity index (χ0n) is 19.7. The highest BCUT2D eigenvalue weighted by Gasteiger charge is 2.37. The lowest BCUT2D eigenvalue weighted by atomic mass is 9.82. The van der Waals surface area contributed by atoms with Crippen LogP contribution in [0.2, 0.25) is 0 Å². The molecule has 0 spiro atoms. The summed E-state index contributed by atoms with van der Waals surface area (Å²) in [5.74, 6) is -9.71. The van der Waals surface area contributed by atoms with Crippen molar-refractivity contribution in [1.29, 1.82) is 0 Å². The SMILES string of the molecule is C=CC(=O)N1CC[C@@H](C2CN=C(c3ccc(Oc4c(F)c(F)cc(F)c4F)cc3F)c3c(N)ncnc32)C1. The maximum Gasteiger partial charge on any atom is 0.245 e. The van der Waals surface area contributed by atoms with Gasteiger partial charge < -0.3 is 15.4 Å². The largest absolute Gasteiger partial charge is 0.451 e. The molecule has 2 aromatic carbocycles. The quantitative estimate of drug-likeness (QED) is 0.298. The Hall–Kier alpha value is -4.35. The van der Waals surface area contributed by atoms with Gasteiger partial charge in [-0.15, -0.1) is 0 Å². The Labute approximate surface area is 213 Å². The molecule has 2 atom stereocenters. The van der Waals surface area contributed by atoms with Crippen molar-refractivity contribution in [3.8, 4) is 11.5 Å². The first kappa shape index (κ1) is 25.3. The number of fused-ring (bicyclic) bond motifs is 1. The van der Waals surface area contributed by atoms with E-state index in [-0.39, 0.29) is 47.4 Å². The molecular weight excluding hydrogens is 509 g/mol. The van der Waals surface area contributed by atoms with E-state index < -0.39 is 40.6 Å². The van der Waals surface area contributed by atoms with Crippen molar-refractivity contribution in [2.75, 3.05) is 25.4 Å². The molecule has 2 aliphatic rings. The molecule has 1 saturated heterocycles. The van der Waals surface area contributed by atoms with Crippen LogP contribution >= 0.6 is 0 Å². The summed E-state index contributed by atoms with van der Waals surface area (Å²) in [7, 11) is 0. The predicted molar refractivity (Wildman–Crippen MR) is 127 cm³/mol. The van der Waals surface area contributed by atoms with E-state index in [1.54, 1.807) is 4.90 Å². The average Bonchev–Trinajstić information content (AvgIpc) is 3.39. The fraction of sp³-hybridized carbons (Fsp3) is 0.231. The van der Waals surface area contributed by atoms with Crippen molar-refractivity contribution in [2.24, 2.45) is 10.9 Å². The van der Waals surface area contributed by atoms with E-state index in [9.17, 15) is 22.4 Å². The third-order valence-electron chi connectivity index (χ3n) is 6.71. The van der Waals surface area contributed by atoms with Gasteiger partial charge in [0.15, 0.2) is 11.6 Å². The van der Waals surface area contributed by atoms with Crippen LogP contribution in [0.4, 0.5) is 27.8 Å². The monoisotopic (exact) mass is 529 g/mol. The number of aliphatic imine (C=N–C) groups is 1. The number of likely N-dealkylation sites (tertiary alicyclic amines) is 1. The van der Waals surface area contributed by atoms with Crippen molar-refractivity contribution < 1.29 is 31.5 Å². The van der Waals surface area contributed by atoms with E-state index in [0.717, 1.165) is 6.07 Å². The summed E-state index contributed by atoms with van der Waals surface area (Å²) in [6, 6.07) is 3.26. The van der Waals surface area contributed by atoms with Crippen LogP contribution in [0.5, 0.6) is 11.5 Å². The molecule has 2 aliphatic heterocycles. The van der Waals surface area contributed by atoms with E-state index in [1.165, 1.54) is 24.5 Å². The van der Waals surface area contributed by atoms with Gasteiger partial charge in [-0.05, 0) is 30.5 Å². The Kier molecular flexibility index (Phi) is 6.55. The van der Waals surface area contributed by atoms with Gasteiger partial charge in [0.05, 0.1) is 17.0 Å². The number of carbonyl (C=O) groups excluding carboxylic acids is 1. The van der Waals surface area contributed by atoms with Crippen LogP contribution in [-0.2, 0) is 4.79 Å². The van der Waals surface area contributed by atoms with E-state index in [1.807, 2.05) is 0 Å². The van der Waals surface area contributed by atoms with Crippen LogP contribution in [-0.4, -0.2) is 46.1 Å². The smallest absolute Gasteiger partial charge is 0.245 e. The molecule has 1 aromatic heterocycles. The molecule has 3 heterocycles. The highest BCUT2D eigenvalue weighted by Crippen LogP contribution is 2.39. The summed E-state index contributed by atoms with van der Waals surface area (Å²) in [6.45, 7) is 4.81. The normalized spacial score (nSPS) is 18.7. The number of ether oxygens (including phenoxy) is 1. The molecule has 12 heteroatoms. The van der Waals surface area contributed by atoms with Crippen LogP contribution in [0.3, 0.4) is 0 Å². The van der Waals surface area contributed by atoms with Gasteiger partial charge in [0.2, 0.25) is 23.3 Å². The Bertz CT molecular complexity index is 1470. The number of benzene rings is 2. The molecule has 1 unspecified atom stereocenters. The van der Waals surface area contributed by atoms with Gasteiger partial charge in [-0.25, -0.2) is 23.1 Å². The number of hydrogen-bond donors (Lipinski definition) is 1. The van der Waals surface area contributed by atoms with Crippen LogP contribution in [0, 0.1) is 35.0 Å². The molecule has 0 saturated carbocycles. The van der Waals surface area contributed by atoms with Crippen LogP contribution in [0.15, 0.2) is 48.2 Å². The first-order valence-corrected chi connectivity index (χ1v) is 11.6. The lowest BCUT2D eigenvalue weighted by Crippen LogP contribution is -2.31. The summed E-state index contributed by atoms with van der Waals surface area (Å²) >= 11 is 0. The maximum absolute atomic E-state index is 15.3. The topological polar surface area (TPSA) is 93.7 Å². The molecule has 2 N–H and O–H groups in total. The number of anilines is 1. The van der Waals surface area contributed by atoms with E-state index in [4.69, 9.17) is 10.5 Å². The van der Waals surface area contributed by atoms with Crippen molar-refractivity contribution in [3.05, 3.63) is 89.2 Å². The average molecular weight is 529 g/mol. The van der Waals surface area contributed by atoms with Crippen molar-refractivity contribution >= 4 is 17.4 Å². The minimum atomic E-state index is -1.75. The molecule has 196 valence electrons. The molecule has 1 amide bonds. The van der Waals surface area contributed by atoms with Gasteiger partial charge in [-0.1, -0.05) is 6.58 Å². The number of carbonyl (C=O) groups is 1. The number of nitrogens with two attached hydrogens (primary N) is 1. The van der Waals surface area contributed by atoms with Crippen molar-refractivity contribution in [3.63, 3.8) is 0 Å². The second-order valence-electron chi connectivity index (χ2n) is 8.89. The number of amides is 1. The van der Waals surface area contributed by atoms with Gasteiger partial charge in [0.1, 0.15) is 23.7 Å². The zero-order valence-corrected chi connectivity index (χ0v) is 19.7. The van der Waals surface area contributed by atoms with Gasteiger partial charge in [-0.3, -0.25) is 9.79 Å². The third kappa shape index (κ3) is 4.35. The number of aromatic nitrogens is 2. The fourth-order valence-corrected chi connectivity index (χ4v) is 4.84. The van der Waals surface area contributed by atoms with Crippen LogP contribution in [0.1, 0.15) is 29.2 Å². The number of rotatable bonds is 5. The number of halogens is 5. The zero-order chi connectivity index (χ0) is 27.1. The molecule has 3 aromatic rings. The Morgan fingerprint density at radius 1 is 1.08 bits per heavy atom. The molecule has 1 fully saturated rings. The summed E-state index contributed by atoms with van der Waals surface area (Å²) in [5.41, 5.74) is 7.23. The third-order valence-corrected chi connectivity index (χ3v) is 6.71. The summed E-state index contributed by atoms with van der Waals surface area (Å²) < 4.78 is 75.2. The highest BCUT2D eigenvalue weighted by atomic mass is 19.2. The van der Waals surface area contributed by atoms with Gasteiger partial charge in [0.25, 0.3) is 0 Å². The van der Waals surface area contributed by atoms with Crippen LogP contribution < -0.4 is 10.5 Å². The summed E-state index contributed by atoms with van der Waals surface area (Å²) in [5, 5.41) is 0. The van der Waals surface area contributed by atoms with E-state index in [2.05, 4.69) is 21.5 Å². The summed E-state index contributed by atoms with van der Waals surface area (Å²) in [6.07, 6.45) is 3.28. The molecule has 0 radical (unpaired) electrons. The Morgan fingerprint density at radius 2 is 1.82 bits per heavy atom. The second-order valence-corrected chi connectivity index (χ2v) is 8.89. The van der Waals surface area contributed by atoms with Gasteiger partial charge in [0, 0.05) is 43.2 Å². The van der Waals surface area contributed by atoms with Crippen molar-refractivity contribution in [1.82, 2.24) is 14.9 Å². The number of hydrogen-bond acceptors (Lipinski definition) is 6. The van der Waals surface area contributed by atoms with Gasteiger partial charge >= 0.3 is 0 Å². The standard InChI is InChI=1S/C26H20F5N5O2/c1-2-19(37)36-6-5-12(10-36)15-9-33-23(20-24(15)34-11-35-26(20)32)14-4-3-13(7-16(14)27)38-25-21(30)17(28)8-18(29)22(25)31/h2-4,7-8,11-12,15H,1,5-6,9-10H2,(H2,32,34,35)/t12-,15?/m1/s1. The lowest BCUT2D eigenvalue weighted by molar-refractivity contribution is -0.125. The Morgan fingerprint density at radius 3 is 2.50 bits per heavy atom. The minimum Gasteiger partial charge on any atom is -0.451 e. The highest BCUT2D eigenvalue weighted by molar-refractivity contribution is 6.16. The molecule has 0 aliphatic carbocycles. The first-order chi connectivity index (χ1) is 18.2. The first-order valence-electron chi connectivity index (χ1n) is 11.6. The number of nitrogens with zero attached hydrogens (tertiary/aromatic N) is 4. The lowest BCUT2D eigenvalue weighted by Gasteiger charge is -2.28. The fourth-order valence-electron chi connectivity index (χ4n) is 4.84. The van der Waals surface area contributed by atoms with E-state index in [0.29, 0.717) is 30.8 Å². The molecule has 38 heavy (non-hydrogen) atoms. The molecule has 7 nitrogen and oxygen atoms in total. The predicted octanol–water partition coefficient (Wildman–Crippen LogP) is 4.52. The second kappa shape index (κ2) is 9.84.